The Bertz CT molecular complexity index is 602. The minimum absolute atomic E-state index is 0.211. The highest BCUT2D eigenvalue weighted by atomic mass is 16.5. The maximum atomic E-state index is 5.72. The molecule has 1 aliphatic rings. The van der Waals surface area contributed by atoms with E-state index in [1.807, 2.05) is 13.8 Å². The Kier molecular flexibility index (Phi) is 4.54. The van der Waals surface area contributed by atoms with Gasteiger partial charge in [-0.2, -0.15) is 5.10 Å². The van der Waals surface area contributed by atoms with Crippen LogP contribution in [0.3, 0.4) is 0 Å². The van der Waals surface area contributed by atoms with Crippen molar-refractivity contribution in [3.8, 4) is 0 Å². The first-order chi connectivity index (χ1) is 10.7. The molecule has 7 heteroatoms. The molecule has 120 valence electrons. The molecule has 22 heavy (non-hydrogen) atoms. The molecule has 0 aromatic carbocycles. The first-order valence-electron chi connectivity index (χ1n) is 7.74. The standard InChI is InChI=1S/C15H23N5O2/c1-10-11(2)22-14(16-10)8-20-7-5-4-6-12(20)15-17-13(9-21-3)18-19-15/h12H,4-9H2,1-3H3,(H,17,18,19)/t12-/m1/s1. The molecule has 0 aliphatic carbocycles. The zero-order valence-corrected chi connectivity index (χ0v) is 13.4. The van der Waals surface area contributed by atoms with Gasteiger partial charge in [0.05, 0.1) is 18.3 Å². The summed E-state index contributed by atoms with van der Waals surface area (Å²) < 4.78 is 10.8. The summed E-state index contributed by atoms with van der Waals surface area (Å²) >= 11 is 0. The average Bonchev–Trinajstić information content (AvgIpc) is 3.08. The van der Waals surface area contributed by atoms with Crippen LogP contribution >= 0.6 is 0 Å². The summed E-state index contributed by atoms with van der Waals surface area (Å²) in [5.41, 5.74) is 0.962. The van der Waals surface area contributed by atoms with Gasteiger partial charge in [0.25, 0.3) is 0 Å². The van der Waals surface area contributed by atoms with Gasteiger partial charge in [-0.15, -0.1) is 0 Å². The molecule has 3 heterocycles. The number of nitrogens with one attached hydrogen (secondary N) is 1. The fourth-order valence-electron chi connectivity index (χ4n) is 2.91. The van der Waals surface area contributed by atoms with Crippen LogP contribution in [0, 0.1) is 13.8 Å². The Balaban J connectivity index is 1.75. The quantitative estimate of drug-likeness (QED) is 0.913. The number of hydrogen-bond acceptors (Lipinski definition) is 6. The maximum Gasteiger partial charge on any atom is 0.208 e. The smallest absolute Gasteiger partial charge is 0.208 e. The first-order valence-corrected chi connectivity index (χ1v) is 7.74. The monoisotopic (exact) mass is 305 g/mol. The molecule has 0 bridgehead atoms. The van der Waals surface area contributed by atoms with Gasteiger partial charge in [-0.3, -0.25) is 10.00 Å². The lowest BCUT2D eigenvalue weighted by Crippen LogP contribution is -2.33. The summed E-state index contributed by atoms with van der Waals surface area (Å²) in [5, 5.41) is 7.31. The molecule has 0 spiro atoms. The van der Waals surface area contributed by atoms with E-state index in [2.05, 4.69) is 25.1 Å². The molecule has 1 fully saturated rings. The van der Waals surface area contributed by atoms with Crippen LogP contribution in [0.1, 0.15) is 54.3 Å². The van der Waals surface area contributed by atoms with Crippen molar-refractivity contribution in [3.05, 3.63) is 29.0 Å². The fourth-order valence-corrected chi connectivity index (χ4v) is 2.91. The van der Waals surface area contributed by atoms with Gasteiger partial charge in [0, 0.05) is 7.11 Å². The Hall–Kier alpha value is -1.73. The number of hydrogen-bond donors (Lipinski definition) is 1. The summed E-state index contributed by atoms with van der Waals surface area (Å²) in [4.78, 5) is 11.4. The summed E-state index contributed by atoms with van der Waals surface area (Å²) in [6, 6.07) is 0.211. The number of oxazole rings is 1. The van der Waals surface area contributed by atoms with Crippen LogP contribution in [0.5, 0.6) is 0 Å². The van der Waals surface area contributed by atoms with E-state index < -0.39 is 0 Å². The molecule has 1 atom stereocenters. The highest BCUT2D eigenvalue weighted by Crippen LogP contribution is 2.30. The van der Waals surface area contributed by atoms with Gasteiger partial charge >= 0.3 is 0 Å². The molecule has 1 aliphatic heterocycles. The Labute approximate surface area is 130 Å². The van der Waals surface area contributed by atoms with Gasteiger partial charge in [0.15, 0.2) is 11.6 Å². The second-order valence-corrected chi connectivity index (χ2v) is 5.80. The van der Waals surface area contributed by atoms with Crippen LogP contribution in [0.2, 0.25) is 0 Å². The topological polar surface area (TPSA) is 80.1 Å². The molecule has 1 saturated heterocycles. The third kappa shape index (κ3) is 3.20. The predicted molar refractivity (Wildman–Crippen MR) is 80.1 cm³/mol. The molecular formula is C15H23N5O2. The van der Waals surface area contributed by atoms with E-state index in [4.69, 9.17) is 9.15 Å². The second-order valence-electron chi connectivity index (χ2n) is 5.80. The average molecular weight is 305 g/mol. The first kappa shape index (κ1) is 15.2. The number of aromatic nitrogens is 4. The third-order valence-corrected chi connectivity index (χ3v) is 4.15. The van der Waals surface area contributed by atoms with Crippen molar-refractivity contribution in [2.75, 3.05) is 13.7 Å². The molecule has 0 radical (unpaired) electrons. The highest BCUT2D eigenvalue weighted by Gasteiger charge is 2.28. The Morgan fingerprint density at radius 3 is 2.91 bits per heavy atom. The minimum Gasteiger partial charge on any atom is -0.444 e. The number of rotatable bonds is 5. The van der Waals surface area contributed by atoms with Crippen molar-refractivity contribution in [3.63, 3.8) is 0 Å². The molecule has 2 aromatic rings. The maximum absolute atomic E-state index is 5.72. The summed E-state index contributed by atoms with van der Waals surface area (Å²) in [6.45, 7) is 6.10. The van der Waals surface area contributed by atoms with Crippen molar-refractivity contribution < 1.29 is 9.15 Å². The normalized spacial score (nSPS) is 19.7. The van der Waals surface area contributed by atoms with Crippen LogP contribution < -0.4 is 0 Å². The third-order valence-electron chi connectivity index (χ3n) is 4.15. The summed E-state index contributed by atoms with van der Waals surface area (Å²) in [5.74, 6) is 3.27. The number of piperidine rings is 1. The van der Waals surface area contributed by atoms with Crippen molar-refractivity contribution in [1.29, 1.82) is 0 Å². The van der Waals surface area contributed by atoms with Crippen molar-refractivity contribution >= 4 is 0 Å². The van der Waals surface area contributed by atoms with E-state index in [0.29, 0.717) is 13.2 Å². The SMILES string of the molecule is COCc1nc([C@H]2CCCCN2Cc2nc(C)c(C)o2)n[nH]1. The van der Waals surface area contributed by atoms with Crippen LogP contribution in [0.4, 0.5) is 0 Å². The minimum atomic E-state index is 0.211. The number of methoxy groups -OCH3 is 1. The van der Waals surface area contributed by atoms with Crippen molar-refractivity contribution in [2.24, 2.45) is 0 Å². The van der Waals surface area contributed by atoms with Crippen LogP contribution in [0.25, 0.3) is 0 Å². The number of aryl methyl sites for hydroxylation is 2. The Morgan fingerprint density at radius 1 is 1.32 bits per heavy atom. The lowest BCUT2D eigenvalue weighted by atomic mass is 10.0. The van der Waals surface area contributed by atoms with Gasteiger partial charge in [0.1, 0.15) is 12.4 Å². The molecule has 2 aromatic heterocycles. The van der Waals surface area contributed by atoms with Crippen LogP contribution in [-0.2, 0) is 17.9 Å². The van der Waals surface area contributed by atoms with E-state index in [-0.39, 0.29) is 6.04 Å². The van der Waals surface area contributed by atoms with Crippen molar-refractivity contribution in [2.45, 2.75) is 52.3 Å². The van der Waals surface area contributed by atoms with E-state index in [9.17, 15) is 0 Å². The molecule has 3 rings (SSSR count). The molecule has 0 unspecified atom stereocenters. The molecular weight excluding hydrogens is 282 g/mol. The Morgan fingerprint density at radius 2 is 2.18 bits per heavy atom. The van der Waals surface area contributed by atoms with E-state index >= 15 is 0 Å². The van der Waals surface area contributed by atoms with Gasteiger partial charge in [-0.25, -0.2) is 9.97 Å². The zero-order valence-electron chi connectivity index (χ0n) is 13.4. The number of H-pyrrole nitrogens is 1. The summed E-state index contributed by atoms with van der Waals surface area (Å²) in [6.07, 6.45) is 3.44. The van der Waals surface area contributed by atoms with Crippen molar-refractivity contribution in [1.82, 2.24) is 25.1 Å². The van der Waals surface area contributed by atoms with E-state index in [1.54, 1.807) is 7.11 Å². The lowest BCUT2D eigenvalue weighted by Gasteiger charge is -2.32. The number of ether oxygens (including phenoxy) is 1. The largest absolute Gasteiger partial charge is 0.444 e. The van der Waals surface area contributed by atoms with Crippen LogP contribution in [-0.4, -0.2) is 38.7 Å². The van der Waals surface area contributed by atoms with Crippen LogP contribution in [0.15, 0.2) is 4.42 Å². The fraction of sp³-hybridized carbons (Fsp3) is 0.667. The molecule has 0 saturated carbocycles. The number of nitrogens with zero attached hydrogens (tertiary/aromatic N) is 4. The predicted octanol–water partition coefficient (Wildman–Crippen LogP) is 2.28. The molecule has 0 amide bonds. The van der Waals surface area contributed by atoms with E-state index in [1.165, 1.54) is 12.8 Å². The van der Waals surface area contributed by atoms with Gasteiger partial charge in [-0.1, -0.05) is 6.42 Å². The number of aromatic amines is 1. The second kappa shape index (κ2) is 6.58. The van der Waals surface area contributed by atoms with Gasteiger partial charge in [-0.05, 0) is 33.2 Å². The molecule has 7 nitrogen and oxygen atoms in total. The molecule has 1 N–H and O–H groups in total. The highest BCUT2D eigenvalue weighted by molar-refractivity contribution is 5.06. The lowest BCUT2D eigenvalue weighted by molar-refractivity contribution is 0.121. The van der Waals surface area contributed by atoms with E-state index in [0.717, 1.165) is 42.0 Å². The number of likely N-dealkylation sites (tertiary alicyclic amines) is 1. The summed E-state index contributed by atoms with van der Waals surface area (Å²) in [7, 11) is 1.66. The van der Waals surface area contributed by atoms with Gasteiger partial charge < -0.3 is 9.15 Å². The van der Waals surface area contributed by atoms with Gasteiger partial charge in [0.2, 0.25) is 5.89 Å². The zero-order chi connectivity index (χ0) is 15.5.